The van der Waals surface area contributed by atoms with Crippen LogP contribution in [0.15, 0.2) is 6.07 Å². The fourth-order valence-electron chi connectivity index (χ4n) is 7.24. The second-order valence-electron chi connectivity index (χ2n) is 10.5. The molecule has 4 aliphatic rings. The Morgan fingerprint density at radius 2 is 1.95 bits per heavy atom. The smallest absolute Gasteiger partial charge is 0.231 e. The lowest BCUT2D eigenvalue weighted by molar-refractivity contribution is -0.0832. The first-order chi connectivity index (χ1) is 18.9. The van der Waals surface area contributed by atoms with Gasteiger partial charge in [-0.15, -0.1) is 0 Å². The van der Waals surface area contributed by atoms with E-state index < -0.39 is 12.1 Å². The average molecular weight is 526 g/mol. The van der Waals surface area contributed by atoms with Crippen molar-refractivity contribution in [1.29, 1.82) is 6.69 Å². The van der Waals surface area contributed by atoms with Crippen LogP contribution >= 0.6 is 0 Å². The number of likely N-dealkylation sites (N-methyl/N-ethyl adjacent to an activating group) is 1. The number of nitrogens with zero attached hydrogens (tertiary/aromatic N) is 3. The molecule has 0 unspecified atom stereocenters. The van der Waals surface area contributed by atoms with Crippen molar-refractivity contribution in [3.8, 4) is 34.8 Å². The highest BCUT2D eigenvalue weighted by atomic mass is 16.7. The Morgan fingerprint density at radius 1 is 1.16 bits per heavy atom. The molecule has 2 aromatic rings. The van der Waals surface area contributed by atoms with Crippen LogP contribution in [0.5, 0.6) is 28.7 Å². The summed E-state index contributed by atoms with van der Waals surface area (Å²) in [6, 6.07) is 3.15. The third-order valence-electron chi connectivity index (χ3n) is 8.75. The first-order valence-electron chi connectivity index (χ1n) is 13.2. The van der Waals surface area contributed by atoms with Crippen molar-refractivity contribution in [2.24, 2.45) is 0 Å². The number of piperazine rings is 1. The molecule has 2 N–H and O–H groups in total. The van der Waals surface area contributed by atoms with Crippen molar-refractivity contribution >= 4 is 0 Å². The maximum absolute atomic E-state index is 11.4. The number of phenolic OH excluding ortho intramolecular Hbond substituents is 1. The van der Waals surface area contributed by atoms with E-state index in [1.54, 1.807) is 14.2 Å². The molecule has 0 aliphatic carbocycles. The molecular weight excluding hydrogens is 490 g/mol. The van der Waals surface area contributed by atoms with E-state index >= 15 is 0 Å². The predicted octanol–water partition coefficient (Wildman–Crippen LogP) is 2.49. The average Bonchev–Trinajstić information content (AvgIpc) is 3.41. The molecular formula is C28H33N3O7. The second kappa shape index (κ2) is 9.20. The molecule has 202 valence electrons. The second-order valence-corrected chi connectivity index (χ2v) is 10.5. The number of hydrogen-bond donors (Lipinski definition) is 2. The Hall–Kier alpha value is -3.23. The highest BCUT2D eigenvalue weighted by Crippen LogP contribution is 2.58. The Morgan fingerprint density at radius 3 is 2.66 bits per heavy atom. The molecule has 0 aromatic heterocycles. The van der Waals surface area contributed by atoms with Gasteiger partial charge in [0.1, 0.15) is 11.8 Å². The molecule has 2 aromatic carbocycles. The van der Waals surface area contributed by atoms with E-state index in [-0.39, 0.29) is 44.1 Å². The highest BCUT2D eigenvalue weighted by molar-refractivity contribution is 5.66. The molecule has 0 radical (unpaired) electrons. The van der Waals surface area contributed by atoms with Gasteiger partial charge in [0.15, 0.2) is 29.8 Å². The number of phenols is 1. The number of rotatable bonds is 6. The standard InChI is InChI=1S/C28H33N3O7/c1-13-6-15-7-17-19(9-29)31-18(23(30(17)3)21(15)27(25(13)35-5)36-11-34-4)8-16-22(20(31)10-32)28-26(37-12-38-28)14(2)24(16)33/h6,17-20,23,32-33H,7-8,10-12H2,1-5H3/t17-,18+,19+,20+,23+/m1/s1/i32T. The number of methoxy groups -OCH3 is 2. The fourth-order valence-corrected chi connectivity index (χ4v) is 7.24. The summed E-state index contributed by atoms with van der Waals surface area (Å²) in [5, 5.41) is 27.0. The zero-order valence-electron chi connectivity index (χ0n) is 23.2. The summed E-state index contributed by atoms with van der Waals surface area (Å²) in [5.74, 6) is 2.49. The number of fused-ring (bicyclic) bond motifs is 9. The summed E-state index contributed by atoms with van der Waals surface area (Å²) in [6.45, 7) is 3.91. The third kappa shape index (κ3) is 3.26. The van der Waals surface area contributed by atoms with E-state index in [1.165, 1.54) is 0 Å². The third-order valence-corrected chi connectivity index (χ3v) is 8.75. The summed E-state index contributed by atoms with van der Waals surface area (Å²) in [5.41, 5.74) is 5.13. The minimum absolute atomic E-state index is 0.000241. The SMILES string of the molecule is [3H]OC[C@H]1c2c(c(O)c(C)c3c2OCO3)C[C@H]2[C@H]3c4c(cc(C)c(OC)c4OCOC)C[C@H]([C@H](C#N)N12)N3C. The normalized spacial score (nSPS) is 27.6. The first kappa shape index (κ1) is 23.9. The molecule has 2 bridgehead atoms. The van der Waals surface area contributed by atoms with Crippen molar-refractivity contribution in [1.82, 2.24) is 9.80 Å². The molecule has 0 spiro atoms. The lowest BCUT2D eigenvalue weighted by Crippen LogP contribution is -2.68. The van der Waals surface area contributed by atoms with E-state index in [0.717, 1.165) is 27.8 Å². The quantitative estimate of drug-likeness (QED) is 0.545. The topological polar surface area (TPSA) is 117 Å². The van der Waals surface area contributed by atoms with Crippen LogP contribution in [-0.4, -0.2) is 81.0 Å². The van der Waals surface area contributed by atoms with Crippen LogP contribution < -0.4 is 18.9 Å². The molecule has 1 fully saturated rings. The van der Waals surface area contributed by atoms with E-state index in [4.69, 9.17) is 30.2 Å². The van der Waals surface area contributed by atoms with Gasteiger partial charge in [-0.25, -0.2) is 0 Å². The van der Waals surface area contributed by atoms with Gasteiger partial charge in [-0.2, -0.15) is 5.26 Å². The number of aliphatic hydroxyl groups is 1. The van der Waals surface area contributed by atoms with Gasteiger partial charge in [0.05, 0.1) is 31.9 Å². The Bertz CT molecular complexity index is 1360. The predicted molar refractivity (Wildman–Crippen MR) is 136 cm³/mol. The molecule has 6 rings (SSSR count). The van der Waals surface area contributed by atoms with Crippen molar-refractivity contribution in [3.05, 3.63) is 39.4 Å². The molecule has 38 heavy (non-hydrogen) atoms. The lowest BCUT2D eigenvalue weighted by Gasteiger charge is -2.59. The van der Waals surface area contributed by atoms with E-state index in [9.17, 15) is 10.4 Å². The van der Waals surface area contributed by atoms with Gasteiger partial charge >= 0.3 is 0 Å². The molecule has 1 saturated heterocycles. The van der Waals surface area contributed by atoms with Crippen LogP contribution in [0.4, 0.5) is 0 Å². The van der Waals surface area contributed by atoms with Crippen molar-refractivity contribution in [2.45, 2.75) is 56.9 Å². The minimum atomic E-state index is -0.501. The number of hydrogen-bond acceptors (Lipinski definition) is 10. The summed E-state index contributed by atoms with van der Waals surface area (Å²) in [7, 11) is 5.25. The van der Waals surface area contributed by atoms with Gasteiger partial charge in [-0.05, 0) is 44.9 Å². The van der Waals surface area contributed by atoms with Gasteiger partial charge in [-0.1, -0.05) is 6.07 Å². The lowest BCUT2D eigenvalue weighted by atomic mass is 9.71. The molecule has 0 amide bonds. The Labute approximate surface area is 223 Å². The van der Waals surface area contributed by atoms with Crippen LogP contribution in [0.25, 0.3) is 0 Å². The molecule has 10 nitrogen and oxygen atoms in total. The van der Waals surface area contributed by atoms with Gasteiger partial charge in [-0.3, -0.25) is 9.80 Å². The number of nitriles is 1. The highest BCUT2D eigenvalue weighted by Gasteiger charge is 2.56. The number of benzene rings is 2. The molecule has 10 heteroatoms. The Balaban J connectivity index is 1.60. The number of aromatic hydroxyl groups is 1. The number of aryl methyl sites for hydroxylation is 1. The summed E-state index contributed by atoms with van der Waals surface area (Å²) < 4.78 is 36.6. The molecule has 4 aliphatic heterocycles. The summed E-state index contributed by atoms with van der Waals surface area (Å²) >= 11 is 0. The van der Waals surface area contributed by atoms with Gasteiger partial charge in [0.25, 0.3) is 0 Å². The molecule has 4 heterocycles. The van der Waals surface area contributed by atoms with Gasteiger partial charge in [0.2, 0.25) is 8.22 Å². The summed E-state index contributed by atoms with van der Waals surface area (Å²) in [4.78, 5) is 4.42. The van der Waals surface area contributed by atoms with Crippen LogP contribution in [-0.2, 0) is 17.6 Å². The Kier molecular flexibility index (Phi) is 5.78. The first-order valence-corrected chi connectivity index (χ1v) is 12.8. The zero-order chi connectivity index (χ0) is 27.6. The van der Waals surface area contributed by atoms with Gasteiger partial charge < -0.3 is 33.9 Å². The minimum Gasteiger partial charge on any atom is -0.507 e. The maximum atomic E-state index is 11.4. The zero-order valence-corrected chi connectivity index (χ0v) is 22.2. The monoisotopic (exact) mass is 525 g/mol. The number of aliphatic hydroxyl groups excluding tert-OH is 1. The van der Waals surface area contributed by atoms with E-state index in [1.807, 2.05) is 20.9 Å². The van der Waals surface area contributed by atoms with Crippen LogP contribution in [0.3, 0.4) is 0 Å². The van der Waals surface area contributed by atoms with E-state index in [0.29, 0.717) is 41.4 Å². The van der Waals surface area contributed by atoms with Gasteiger partial charge in [0, 0.05) is 41.4 Å². The molecule has 5 atom stereocenters. The van der Waals surface area contributed by atoms with Crippen molar-refractivity contribution < 1.29 is 33.9 Å². The van der Waals surface area contributed by atoms with E-state index in [2.05, 4.69) is 21.9 Å². The molecule has 0 saturated carbocycles. The van der Waals surface area contributed by atoms with Crippen LogP contribution in [0, 0.1) is 25.2 Å². The van der Waals surface area contributed by atoms with Crippen molar-refractivity contribution in [2.75, 3.05) is 41.5 Å². The van der Waals surface area contributed by atoms with Crippen LogP contribution in [0.2, 0.25) is 0 Å². The number of ether oxygens (including phenoxy) is 5. The largest absolute Gasteiger partial charge is 0.507 e. The van der Waals surface area contributed by atoms with Crippen LogP contribution in [0.1, 0.15) is 45.5 Å². The van der Waals surface area contributed by atoms with Crippen molar-refractivity contribution in [3.63, 3.8) is 0 Å². The fraction of sp³-hybridized carbons (Fsp3) is 0.536. The maximum Gasteiger partial charge on any atom is 0.231 e. The summed E-state index contributed by atoms with van der Waals surface area (Å²) in [6.07, 6.45) is 1.09.